The Labute approximate surface area is 234 Å². The van der Waals surface area contributed by atoms with Gasteiger partial charge in [-0.25, -0.2) is 9.78 Å². The number of aromatic nitrogens is 1. The largest absolute Gasteiger partial charge is 0.497 e. The quantitative estimate of drug-likeness (QED) is 0.177. The average molecular weight is 568 g/mol. The molecule has 41 heavy (non-hydrogen) atoms. The number of oxazole rings is 1. The van der Waals surface area contributed by atoms with Crippen molar-refractivity contribution >= 4 is 5.97 Å². The van der Waals surface area contributed by atoms with E-state index in [2.05, 4.69) is 11.6 Å². The van der Waals surface area contributed by atoms with Crippen LogP contribution in [-0.2, 0) is 23.2 Å². The number of ether oxygens (including phenoxy) is 3. The molecule has 0 spiro atoms. The van der Waals surface area contributed by atoms with Crippen molar-refractivity contribution in [2.24, 2.45) is 0 Å². The van der Waals surface area contributed by atoms with Gasteiger partial charge in [-0.1, -0.05) is 24.3 Å². The number of allylic oxidation sites excluding steroid dienone is 1. The monoisotopic (exact) mass is 567 g/mol. The second-order valence-corrected chi connectivity index (χ2v) is 9.12. The van der Waals surface area contributed by atoms with Gasteiger partial charge in [0.25, 0.3) is 0 Å². The maximum atomic E-state index is 13.1. The van der Waals surface area contributed by atoms with Gasteiger partial charge in [0.1, 0.15) is 35.3 Å². The Bertz CT molecular complexity index is 1500. The number of halogens is 3. The van der Waals surface area contributed by atoms with Gasteiger partial charge in [0.05, 0.1) is 18.2 Å². The van der Waals surface area contributed by atoms with E-state index in [0.717, 1.165) is 29.8 Å². The van der Waals surface area contributed by atoms with Crippen LogP contribution in [-0.4, -0.2) is 23.2 Å². The third-order valence-electron chi connectivity index (χ3n) is 6.42. The molecule has 0 amide bonds. The number of benzene rings is 3. The Balaban J connectivity index is 1.73. The highest BCUT2D eigenvalue weighted by Gasteiger charge is 2.45. The molecular weight excluding hydrogens is 539 g/mol. The Morgan fingerprint density at radius 3 is 2.34 bits per heavy atom. The summed E-state index contributed by atoms with van der Waals surface area (Å²) in [5, 5.41) is 10.5. The molecule has 1 N–H and O–H groups in total. The predicted molar refractivity (Wildman–Crippen MR) is 145 cm³/mol. The lowest BCUT2D eigenvalue weighted by Gasteiger charge is -2.32. The summed E-state index contributed by atoms with van der Waals surface area (Å²) in [7, 11) is 1.42. The number of carbonyl (C=O) groups is 1. The van der Waals surface area contributed by atoms with Crippen molar-refractivity contribution < 1.29 is 41.7 Å². The van der Waals surface area contributed by atoms with Crippen LogP contribution in [0, 0.1) is 6.92 Å². The predicted octanol–water partition coefficient (Wildman–Crippen LogP) is 7.58. The SMILES string of the molecule is C=CCCC(Oc1ccc(C(F)(F)F)cc1)(C(=O)O)c1cc(OC)ccc1OCc1nc(-c2ccccc2)oc1C. The lowest BCUT2D eigenvalue weighted by atomic mass is 9.87. The fourth-order valence-corrected chi connectivity index (χ4v) is 4.21. The number of aliphatic carboxylic acids is 1. The van der Waals surface area contributed by atoms with Gasteiger partial charge >= 0.3 is 12.1 Å². The van der Waals surface area contributed by atoms with E-state index in [9.17, 15) is 23.1 Å². The highest BCUT2D eigenvalue weighted by atomic mass is 19.4. The molecule has 1 unspecified atom stereocenters. The number of rotatable bonds is 12. The van der Waals surface area contributed by atoms with Crippen LogP contribution in [0.25, 0.3) is 11.5 Å². The number of aryl methyl sites for hydroxylation is 1. The van der Waals surface area contributed by atoms with Crippen LogP contribution in [0.4, 0.5) is 13.2 Å². The van der Waals surface area contributed by atoms with Crippen molar-refractivity contribution in [1.29, 1.82) is 0 Å². The third-order valence-corrected chi connectivity index (χ3v) is 6.42. The first-order chi connectivity index (χ1) is 19.6. The number of carboxylic acids is 1. The summed E-state index contributed by atoms with van der Waals surface area (Å²) < 4.78 is 62.6. The van der Waals surface area contributed by atoms with Crippen LogP contribution in [0.2, 0.25) is 0 Å². The highest BCUT2D eigenvalue weighted by molar-refractivity contribution is 5.81. The van der Waals surface area contributed by atoms with E-state index < -0.39 is 23.3 Å². The lowest BCUT2D eigenvalue weighted by molar-refractivity contribution is -0.157. The molecule has 1 aromatic heterocycles. The van der Waals surface area contributed by atoms with Gasteiger partial charge in [-0.3, -0.25) is 0 Å². The minimum absolute atomic E-state index is 0.0566. The minimum atomic E-state index is -4.56. The molecule has 3 aromatic carbocycles. The molecule has 0 aliphatic rings. The molecule has 4 rings (SSSR count). The topological polar surface area (TPSA) is 91.0 Å². The van der Waals surface area contributed by atoms with Gasteiger partial charge in [-0.05, 0) is 67.9 Å². The Morgan fingerprint density at radius 2 is 1.73 bits per heavy atom. The molecule has 4 aromatic rings. The van der Waals surface area contributed by atoms with E-state index in [1.54, 1.807) is 19.1 Å². The first-order valence-corrected chi connectivity index (χ1v) is 12.6. The zero-order valence-corrected chi connectivity index (χ0v) is 22.4. The second kappa shape index (κ2) is 12.2. The number of hydrogen-bond donors (Lipinski definition) is 1. The van der Waals surface area contributed by atoms with Gasteiger partial charge in [0.2, 0.25) is 11.5 Å². The Morgan fingerprint density at radius 1 is 1.05 bits per heavy atom. The molecule has 0 saturated carbocycles. The number of hydrogen-bond acceptors (Lipinski definition) is 6. The zero-order valence-electron chi connectivity index (χ0n) is 22.4. The van der Waals surface area contributed by atoms with Crippen molar-refractivity contribution in [1.82, 2.24) is 4.98 Å². The Hall–Kier alpha value is -4.73. The number of carboxylic acid groups (broad SMARTS) is 1. The van der Waals surface area contributed by atoms with Crippen molar-refractivity contribution in [2.75, 3.05) is 7.11 Å². The normalized spacial score (nSPS) is 12.8. The summed E-state index contributed by atoms with van der Waals surface area (Å²) >= 11 is 0. The molecule has 0 aliphatic carbocycles. The minimum Gasteiger partial charge on any atom is -0.497 e. The fourth-order valence-electron chi connectivity index (χ4n) is 4.21. The smallest absolute Gasteiger partial charge is 0.416 e. The molecule has 0 saturated heterocycles. The lowest BCUT2D eigenvalue weighted by Crippen LogP contribution is -2.42. The van der Waals surface area contributed by atoms with E-state index in [-0.39, 0.29) is 36.5 Å². The van der Waals surface area contributed by atoms with Gasteiger partial charge in [0, 0.05) is 12.0 Å². The fraction of sp³-hybridized carbons (Fsp3) is 0.226. The molecule has 0 radical (unpaired) electrons. The number of alkyl halides is 3. The zero-order chi connectivity index (χ0) is 29.6. The van der Waals surface area contributed by atoms with Crippen LogP contribution < -0.4 is 14.2 Å². The van der Waals surface area contributed by atoms with Gasteiger partial charge in [-0.2, -0.15) is 13.2 Å². The maximum Gasteiger partial charge on any atom is 0.416 e. The van der Waals surface area contributed by atoms with Crippen LogP contribution in [0.15, 0.2) is 89.9 Å². The van der Waals surface area contributed by atoms with Crippen LogP contribution in [0.3, 0.4) is 0 Å². The van der Waals surface area contributed by atoms with Crippen molar-refractivity contribution in [2.45, 2.75) is 38.1 Å². The first kappa shape index (κ1) is 29.3. The standard InChI is InChI=1S/C31H28F3NO6/c1-4-5-17-30(29(36)37,41-23-13-11-22(12-14-23)31(32,33)34)25-18-24(38-3)15-16-27(25)39-19-26-20(2)40-28(35-26)21-9-7-6-8-10-21/h4,6-16,18H,1,5,17,19H2,2-3H3,(H,36,37). The van der Waals surface area contributed by atoms with Gasteiger partial charge in [0.15, 0.2) is 0 Å². The van der Waals surface area contributed by atoms with E-state index >= 15 is 0 Å². The van der Waals surface area contributed by atoms with Crippen molar-refractivity contribution in [3.05, 3.63) is 108 Å². The molecule has 10 heteroatoms. The molecule has 214 valence electrons. The molecule has 1 atom stereocenters. The first-order valence-electron chi connectivity index (χ1n) is 12.6. The number of nitrogens with zero attached hydrogens (tertiary/aromatic N) is 1. The highest BCUT2D eigenvalue weighted by Crippen LogP contribution is 2.41. The van der Waals surface area contributed by atoms with Crippen molar-refractivity contribution in [3.63, 3.8) is 0 Å². The maximum absolute atomic E-state index is 13.1. The van der Waals surface area contributed by atoms with Crippen LogP contribution in [0.5, 0.6) is 17.2 Å². The summed E-state index contributed by atoms with van der Waals surface area (Å²) in [6.07, 6.45) is -2.92. The molecule has 1 heterocycles. The molecular formula is C31H28F3NO6. The molecule has 0 aliphatic heterocycles. The molecule has 7 nitrogen and oxygen atoms in total. The number of methoxy groups -OCH3 is 1. The van der Waals surface area contributed by atoms with E-state index in [1.807, 2.05) is 30.3 Å². The average Bonchev–Trinajstić information content (AvgIpc) is 3.34. The van der Waals surface area contributed by atoms with Crippen LogP contribution >= 0.6 is 0 Å². The summed E-state index contributed by atoms with van der Waals surface area (Å²) in [5.41, 5.74) is -1.56. The van der Waals surface area contributed by atoms with Crippen molar-refractivity contribution in [3.8, 4) is 28.7 Å². The third kappa shape index (κ3) is 6.54. The molecule has 0 fully saturated rings. The van der Waals surface area contributed by atoms with Crippen LogP contribution in [0.1, 0.15) is 35.4 Å². The summed E-state index contributed by atoms with van der Waals surface area (Å²) in [6, 6.07) is 17.8. The second-order valence-electron chi connectivity index (χ2n) is 9.12. The summed E-state index contributed by atoms with van der Waals surface area (Å²) in [5.74, 6) is -0.0203. The van der Waals surface area contributed by atoms with E-state index in [0.29, 0.717) is 23.1 Å². The van der Waals surface area contributed by atoms with E-state index in [4.69, 9.17) is 18.6 Å². The summed E-state index contributed by atoms with van der Waals surface area (Å²) in [4.78, 5) is 17.5. The van der Waals surface area contributed by atoms with E-state index in [1.165, 1.54) is 19.3 Å². The van der Waals surface area contributed by atoms with Gasteiger partial charge in [-0.15, -0.1) is 6.58 Å². The summed E-state index contributed by atoms with van der Waals surface area (Å²) in [6.45, 7) is 5.37. The van der Waals surface area contributed by atoms with Gasteiger partial charge < -0.3 is 23.7 Å². The Kier molecular flexibility index (Phi) is 8.71. The molecule has 0 bridgehead atoms.